The number of fused-ring (bicyclic) bond motifs is 1. The van der Waals surface area contributed by atoms with Crippen molar-refractivity contribution in [3.8, 4) is 16.8 Å². The Hall–Kier alpha value is -3.37. The van der Waals surface area contributed by atoms with Gasteiger partial charge in [-0.3, -0.25) is 9.36 Å². The van der Waals surface area contributed by atoms with Gasteiger partial charge in [0.2, 0.25) is 0 Å². The molecule has 4 nitrogen and oxygen atoms in total. The average Bonchev–Trinajstić information content (AvgIpc) is 2.81. The van der Waals surface area contributed by atoms with E-state index >= 15 is 0 Å². The summed E-state index contributed by atoms with van der Waals surface area (Å²) < 4.78 is 7.63. The van der Waals surface area contributed by atoms with Gasteiger partial charge in [0.25, 0.3) is 5.56 Å². The zero-order valence-electron chi connectivity index (χ0n) is 19.7. The van der Waals surface area contributed by atoms with Gasteiger partial charge in [0.05, 0.1) is 12.2 Å². The summed E-state index contributed by atoms with van der Waals surface area (Å²) in [6.45, 7) is 10.1. The fourth-order valence-corrected chi connectivity index (χ4v) is 4.98. The molecule has 0 radical (unpaired) electrons. The Kier molecular flexibility index (Phi) is 5.55. The fraction of sp³-hybridized carbons (Fsp3) is 0.276. The second-order valence-corrected chi connectivity index (χ2v) is 9.26. The largest absolute Gasteiger partial charge is 0.372 e. The van der Waals surface area contributed by atoms with Gasteiger partial charge in [-0.1, -0.05) is 42.0 Å². The van der Waals surface area contributed by atoms with Crippen LogP contribution in [0.1, 0.15) is 25.0 Å². The predicted molar refractivity (Wildman–Crippen MR) is 137 cm³/mol. The van der Waals surface area contributed by atoms with E-state index in [1.54, 1.807) is 4.57 Å². The lowest BCUT2D eigenvalue weighted by Gasteiger charge is -2.36. The van der Waals surface area contributed by atoms with Crippen molar-refractivity contribution in [1.82, 2.24) is 4.57 Å². The Morgan fingerprint density at radius 2 is 1.45 bits per heavy atom. The van der Waals surface area contributed by atoms with Crippen LogP contribution in [-0.2, 0) is 4.74 Å². The Balaban J connectivity index is 1.55. The number of hydrogen-bond acceptors (Lipinski definition) is 3. The molecule has 0 bridgehead atoms. The number of nitrogens with zero attached hydrogens (tertiary/aromatic N) is 2. The van der Waals surface area contributed by atoms with E-state index in [1.807, 2.05) is 30.5 Å². The van der Waals surface area contributed by atoms with Crippen LogP contribution in [0.25, 0.3) is 27.6 Å². The van der Waals surface area contributed by atoms with Crippen LogP contribution in [0.5, 0.6) is 0 Å². The highest BCUT2D eigenvalue weighted by molar-refractivity contribution is 5.98. The maximum atomic E-state index is 13.5. The van der Waals surface area contributed by atoms with Gasteiger partial charge in [0, 0.05) is 36.0 Å². The molecule has 1 unspecified atom stereocenters. The Morgan fingerprint density at radius 1 is 0.818 bits per heavy atom. The standard InChI is InChI=1S/C29H30N2O2/c1-19-8-10-23(11-9-19)26-6-5-7-27-28(26)20(2)16-31(29(27)32)25-14-12-24(13-15-25)30-17-21(3)33-22(4)18-30/h5-16,21-22H,17-18H2,1-4H3/t21-,22?/m1/s1. The van der Waals surface area contributed by atoms with Crippen molar-refractivity contribution >= 4 is 16.5 Å². The lowest BCUT2D eigenvalue weighted by atomic mass is 9.96. The topological polar surface area (TPSA) is 34.5 Å². The quantitative estimate of drug-likeness (QED) is 0.400. The number of hydrogen-bond donors (Lipinski definition) is 0. The molecule has 1 aromatic heterocycles. The highest BCUT2D eigenvalue weighted by Gasteiger charge is 2.22. The fourth-order valence-electron chi connectivity index (χ4n) is 4.98. The number of ether oxygens (including phenoxy) is 1. The van der Waals surface area contributed by atoms with E-state index in [1.165, 1.54) is 5.56 Å². The van der Waals surface area contributed by atoms with E-state index in [0.29, 0.717) is 0 Å². The van der Waals surface area contributed by atoms with E-state index in [9.17, 15) is 4.79 Å². The molecule has 4 aromatic rings. The molecule has 168 valence electrons. The zero-order chi connectivity index (χ0) is 23.1. The third-order valence-corrected chi connectivity index (χ3v) is 6.51. The molecular weight excluding hydrogens is 408 g/mol. The van der Waals surface area contributed by atoms with Crippen LogP contribution in [0.15, 0.2) is 77.7 Å². The molecule has 4 heteroatoms. The lowest BCUT2D eigenvalue weighted by molar-refractivity contribution is -0.00521. The van der Waals surface area contributed by atoms with E-state index in [-0.39, 0.29) is 17.8 Å². The van der Waals surface area contributed by atoms with Crippen molar-refractivity contribution in [3.63, 3.8) is 0 Å². The molecule has 2 heterocycles. The monoisotopic (exact) mass is 438 g/mol. The summed E-state index contributed by atoms with van der Waals surface area (Å²) in [6, 6.07) is 22.8. The second-order valence-electron chi connectivity index (χ2n) is 9.26. The Bertz CT molecular complexity index is 1340. The number of pyridine rings is 1. The van der Waals surface area contributed by atoms with Crippen molar-refractivity contribution in [1.29, 1.82) is 0 Å². The van der Waals surface area contributed by atoms with Crippen LogP contribution >= 0.6 is 0 Å². The van der Waals surface area contributed by atoms with Crippen molar-refractivity contribution in [2.24, 2.45) is 0 Å². The van der Waals surface area contributed by atoms with Crippen LogP contribution in [0.2, 0.25) is 0 Å². The van der Waals surface area contributed by atoms with E-state index in [4.69, 9.17) is 4.74 Å². The normalized spacial score (nSPS) is 18.6. The molecule has 5 rings (SSSR count). The first-order chi connectivity index (χ1) is 15.9. The van der Waals surface area contributed by atoms with Crippen LogP contribution < -0.4 is 10.5 Å². The molecule has 0 amide bonds. The molecule has 0 N–H and O–H groups in total. The number of aryl methyl sites for hydroxylation is 2. The van der Waals surface area contributed by atoms with Gasteiger partial charge in [-0.25, -0.2) is 0 Å². The molecule has 1 aliphatic rings. The summed E-state index contributed by atoms with van der Waals surface area (Å²) >= 11 is 0. The van der Waals surface area contributed by atoms with Crippen LogP contribution in [0.3, 0.4) is 0 Å². The molecule has 0 saturated carbocycles. The van der Waals surface area contributed by atoms with Crippen molar-refractivity contribution in [2.45, 2.75) is 39.9 Å². The van der Waals surface area contributed by atoms with Gasteiger partial charge >= 0.3 is 0 Å². The summed E-state index contributed by atoms with van der Waals surface area (Å²) in [4.78, 5) is 15.9. The third-order valence-electron chi connectivity index (χ3n) is 6.51. The first-order valence-corrected chi connectivity index (χ1v) is 11.6. The molecular formula is C29H30N2O2. The Morgan fingerprint density at radius 3 is 2.12 bits per heavy atom. The summed E-state index contributed by atoms with van der Waals surface area (Å²) in [5.41, 5.74) is 6.58. The van der Waals surface area contributed by atoms with Crippen LogP contribution in [-0.4, -0.2) is 29.9 Å². The molecule has 1 fully saturated rings. The number of anilines is 1. The van der Waals surface area contributed by atoms with Gasteiger partial charge in [0.1, 0.15) is 0 Å². The third kappa shape index (κ3) is 4.07. The molecule has 0 spiro atoms. The van der Waals surface area contributed by atoms with E-state index < -0.39 is 0 Å². The highest BCUT2D eigenvalue weighted by Crippen LogP contribution is 2.30. The number of morpholine rings is 1. The molecule has 2 atom stereocenters. The van der Waals surface area contributed by atoms with Crippen LogP contribution in [0, 0.1) is 13.8 Å². The number of rotatable bonds is 3. The minimum Gasteiger partial charge on any atom is -0.372 e. The van der Waals surface area contributed by atoms with Gasteiger partial charge in [-0.05, 0) is 80.1 Å². The lowest BCUT2D eigenvalue weighted by Crippen LogP contribution is -2.45. The van der Waals surface area contributed by atoms with Gasteiger partial charge in [-0.15, -0.1) is 0 Å². The first kappa shape index (κ1) is 21.5. The van der Waals surface area contributed by atoms with Gasteiger partial charge < -0.3 is 9.64 Å². The minimum absolute atomic E-state index is 0.00549. The predicted octanol–water partition coefficient (Wildman–Crippen LogP) is 5.89. The molecule has 0 aliphatic carbocycles. The van der Waals surface area contributed by atoms with E-state index in [2.05, 4.69) is 75.1 Å². The van der Waals surface area contributed by atoms with Gasteiger partial charge in [-0.2, -0.15) is 0 Å². The second kappa shape index (κ2) is 8.53. The molecule has 3 aromatic carbocycles. The first-order valence-electron chi connectivity index (χ1n) is 11.6. The minimum atomic E-state index is 0.00549. The van der Waals surface area contributed by atoms with Crippen molar-refractivity contribution < 1.29 is 4.74 Å². The van der Waals surface area contributed by atoms with Gasteiger partial charge in [0.15, 0.2) is 0 Å². The highest BCUT2D eigenvalue weighted by atomic mass is 16.5. The van der Waals surface area contributed by atoms with Crippen molar-refractivity contribution in [3.05, 3.63) is 94.4 Å². The number of benzene rings is 3. The average molecular weight is 439 g/mol. The summed E-state index contributed by atoms with van der Waals surface area (Å²) in [5, 5.41) is 1.77. The van der Waals surface area contributed by atoms with E-state index in [0.717, 1.165) is 51.9 Å². The van der Waals surface area contributed by atoms with Crippen LogP contribution in [0.4, 0.5) is 5.69 Å². The van der Waals surface area contributed by atoms with Crippen molar-refractivity contribution in [2.75, 3.05) is 18.0 Å². The summed E-state index contributed by atoms with van der Waals surface area (Å²) in [6.07, 6.45) is 2.39. The zero-order valence-corrected chi connectivity index (χ0v) is 19.7. The maximum Gasteiger partial charge on any atom is 0.262 e. The molecule has 1 aliphatic heterocycles. The summed E-state index contributed by atoms with van der Waals surface area (Å²) in [5.74, 6) is 0. The Labute approximate surface area is 195 Å². The smallest absolute Gasteiger partial charge is 0.262 e. The summed E-state index contributed by atoms with van der Waals surface area (Å²) in [7, 11) is 0. The maximum absolute atomic E-state index is 13.5. The number of aromatic nitrogens is 1. The molecule has 1 saturated heterocycles. The SMILES string of the molecule is Cc1ccc(-c2cccc3c(=O)n(-c4ccc(N5CC(C)O[C@H](C)C5)cc4)cc(C)c23)cc1. The molecule has 33 heavy (non-hydrogen) atoms.